The van der Waals surface area contributed by atoms with Crippen molar-refractivity contribution < 1.29 is 8.42 Å². The van der Waals surface area contributed by atoms with Crippen LogP contribution in [-0.4, -0.2) is 34.5 Å². The van der Waals surface area contributed by atoms with Crippen molar-refractivity contribution in [2.75, 3.05) is 26.0 Å². The second-order valence-corrected chi connectivity index (χ2v) is 7.79. The Balaban J connectivity index is 2.17. The van der Waals surface area contributed by atoms with E-state index in [1.54, 1.807) is 12.1 Å². The van der Waals surface area contributed by atoms with Gasteiger partial charge in [0.05, 0.1) is 4.90 Å². The van der Waals surface area contributed by atoms with Crippen LogP contribution in [0.1, 0.15) is 24.1 Å². The third-order valence-electron chi connectivity index (χ3n) is 4.25. The van der Waals surface area contributed by atoms with Crippen molar-refractivity contribution in [2.45, 2.75) is 24.4 Å². The van der Waals surface area contributed by atoms with Gasteiger partial charge in [0.15, 0.2) is 0 Å². The molecule has 0 fully saturated rings. The van der Waals surface area contributed by atoms with Crippen molar-refractivity contribution in [3.63, 3.8) is 0 Å². The Morgan fingerprint density at radius 1 is 1.00 bits per heavy atom. The number of rotatable bonds is 6. The van der Waals surface area contributed by atoms with E-state index in [4.69, 9.17) is 5.14 Å². The minimum absolute atomic E-state index is 0.138. The van der Waals surface area contributed by atoms with Gasteiger partial charge in [-0.1, -0.05) is 30.3 Å². The van der Waals surface area contributed by atoms with Crippen LogP contribution in [0.15, 0.2) is 53.4 Å². The molecule has 1 atom stereocenters. The molecule has 0 aliphatic heterocycles. The standard InChI is InChI=1S/C18H25N3O2S/c1-14(15-9-11-17(12-10-15)24(19,22)23)21(4)13-16-7-5-6-8-18(16)20(2)3/h5-12,14H,13H2,1-4H3,(H2,19,22,23)/t14-/m1/s1. The molecule has 2 N–H and O–H groups in total. The van der Waals surface area contributed by atoms with Gasteiger partial charge in [-0.25, -0.2) is 13.6 Å². The van der Waals surface area contributed by atoms with Gasteiger partial charge in [0, 0.05) is 32.4 Å². The van der Waals surface area contributed by atoms with E-state index in [2.05, 4.69) is 35.9 Å². The largest absolute Gasteiger partial charge is 0.377 e. The van der Waals surface area contributed by atoms with Crippen LogP contribution < -0.4 is 10.0 Å². The van der Waals surface area contributed by atoms with Gasteiger partial charge in [-0.15, -0.1) is 0 Å². The summed E-state index contributed by atoms with van der Waals surface area (Å²) >= 11 is 0. The van der Waals surface area contributed by atoms with Crippen LogP contribution in [-0.2, 0) is 16.6 Å². The van der Waals surface area contributed by atoms with E-state index < -0.39 is 10.0 Å². The maximum atomic E-state index is 11.4. The molecule has 6 heteroatoms. The van der Waals surface area contributed by atoms with Gasteiger partial charge >= 0.3 is 0 Å². The molecule has 0 spiro atoms. The minimum atomic E-state index is -3.65. The molecular weight excluding hydrogens is 322 g/mol. The zero-order valence-electron chi connectivity index (χ0n) is 14.6. The molecule has 2 aromatic carbocycles. The molecule has 0 saturated carbocycles. The minimum Gasteiger partial charge on any atom is -0.377 e. The summed E-state index contributed by atoms with van der Waals surface area (Å²) in [5.74, 6) is 0. The van der Waals surface area contributed by atoms with Crippen molar-refractivity contribution in [1.82, 2.24) is 4.90 Å². The average molecular weight is 347 g/mol. The van der Waals surface area contributed by atoms with Gasteiger partial charge < -0.3 is 4.90 Å². The maximum absolute atomic E-state index is 11.4. The van der Waals surface area contributed by atoms with Crippen LogP contribution >= 0.6 is 0 Å². The molecule has 0 amide bonds. The normalized spacial score (nSPS) is 13.1. The molecule has 2 aromatic rings. The molecule has 5 nitrogen and oxygen atoms in total. The van der Waals surface area contributed by atoms with Crippen molar-refractivity contribution >= 4 is 15.7 Å². The van der Waals surface area contributed by atoms with E-state index in [1.165, 1.54) is 11.3 Å². The van der Waals surface area contributed by atoms with Crippen LogP contribution in [0.5, 0.6) is 0 Å². The summed E-state index contributed by atoms with van der Waals surface area (Å²) in [4.78, 5) is 4.47. The van der Waals surface area contributed by atoms with Gasteiger partial charge in [0.25, 0.3) is 0 Å². The zero-order valence-corrected chi connectivity index (χ0v) is 15.4. The van der Waals surface area contributed by atoms with Crippen molar-refractivity contribution in [3.8, 4) is 0 Å². The molecule has 0 aromatic heterocycles. The number of benzene rings is 2. The number of hydrogen-bond donors (Lipinski definition) is 1. The monoisotopic (exact) mass is 347 g/mol. The molecule has 24 heavy (non-hydrogen) atoms. The lowest BCUT2D eigenvalue weighted by atomic mass is 10.1. The van der Waals surface area contributed by atoms with Crippen LogP contribution in [0, 0.1) is 0 Å². The van der Waals surface area contributed by atoms with E-state index in [0.29, 0.717) is 0 Å². The van der Waals surface area contributed by atoms with Gasteiger partial charge in [-0.2, -0.15) is 0 Å². The topological polar surface area (TPSA) is 66.6 Å². The fourth-order valence-corrected chi connectivity index (χ4v) is 3.19. The van der Waals surface area contributed by atoms with Crippen LogP contribution in [0.4, 0.5) is 5.69 Å². The highest BCUT2D eigenvalue weighted by atomic mass is 32.2. The summed E-state index contributed by atoms with van der Waals surface area (Å²) in [5, 5.41) is 5.15. The highest BCUT2D eigenvalue weighted by Gasteiger charge is 2.15. The molecular formula is C18H25N3O2S. The first-order valence-corrected chi connectivity index (χ1v) is 9.33. The lowest BCUT2D eigenvalue weighted by Gasteiger charge is -2.27. The number of para-hydroxylation sites is 1. The van der Waals surface area contributed by atoms with Crippen molar-refractivity contribution in [2.24, 2.45) is 5.14 Å². The smallest absolute Gasteiger partial charge is 0.238 e. The predicted molar refractivity (Wildman–Crippen MR) is 98.5 cm³/mol. The lowest BCUT2D eigenvalue weighted by molar-refractivity contribution is 0.253. The molecule has 0 aliphatic rings. The second kappa shape index (κ2) is 7.34. The molecule has 0 heterocycles. The number of hydrogen-bond acceptors (Lipinski definition) is 4. The third-order valence-corrected chi connectivity index (χ3v) is 5.17. The summed E-state index contributed by atoms with van der Waals surface area (Å²) in [5.41, 5.74) is 3.49. The first-order valence-electron chi connectivity index (χ1n) is 7.78. The van der Waals surface area contributed by atoms with E-state index in [9.17, 15) is 8.42 Å². The summed E-state index contributed by atoms with van der Waals surface area (Å²) in [6.45, 7) is 2.90. The number of sulfonamides is 1. The quantitative estimate of drug-likeness (QED) is 0.872. The average Bonchev–Trinajstić information content (AvgIpc) is 2.53. The number of nitrogens with zero attached hydrogens (tertiary/aromatic N) is 2. The fourth-order valence-electron chi connectivity index (χ4n) is 2.68. The van der Waals surface area contributed by atoms with Crippen LogP contribution in [0.25, 0.3) is 0 Å². The van der Waals surface area contributed by atoms with Crippen LogP contribution in [0.2, 0.25) is 0 Å². The van der Waals surface area contributed by atoms with E-state index >= 15 is 0 Å². The Hall–Kier alpha value is -1.89. The van der Waals surface area contributed by atoms with Crippen molar-refractivity contribution in [3.05, 3.63) is 59.7 Å². The summed E-state index contributed by atoms with van der Waals surface area (Å²) in [6.07, 6.45) is 0. The molecule has 0 saturated heterocycles. The highest BCUT2D eigenvalue weighted by molar-refractivity contribution is 7.89. The Bertz CT molecular complexity index is 786. The first kappa shape index (κ1) is 18.4. The Labute approximate surface area is 144 Å². The molecule has 0 radical (unpaired) electrons. The van der Waals surface area contributed by atoms with Crippen LogP contribution in [0.3, 0.4) is 0 Å². The number of anilines is 1. The SMILES string of the molecule is C[C@H](c1ccc(S(N)(=O)=O)cc1)N(C)Cc1ccccc1N(C)C. The Morgan fingerprint density at radius 3 is 2.12 bits per heavy atom. The maximum Gasteiger partial charge on any atom is 0.238 e. The Kier molecular flexibility index (Phi) is 5.64. The van der Waals surface area contributed by atoms with Gasteiger partial charge in [-0.05, 0) is 43.3 Å². The van der Waals surface area contributed by atoms with E-state index in [0.717, 1.165) is 12.1 Å². The first-order chi connectivity index (χ1) is 11.2. The van der Waals surface area contributed by atoms with E-state index in [1.807, 2.05) is 38.4 Å². The summed E-state index contributed by atoms with van der Waals surface area (Å²) in [6, 6.07) is 15.2. The van der Waals surface area contributed by atoms with E-state index in [-0.39, 0.29) is 10.9 Å². The van der Waals surface area contributed by atoms with Gasteiger partial charge in [0.1, 0.15) is 0 Å². The number of primary sulfonamides is 1. The molecule has 0 aliphatic carbocycles. The highest BCUT2D eigenvalue weighted by Crippen LogP contribution is 2.25. The molecule has 0 unspecified atom stereocenters. The lowest BCUT2D eigenvalue weighted by Crippen LogP contribution is -2.23. The second-order valence-electron chi connectivity index (χ2n) is 6.23. The zero-order chi connectivity index (χ0) is 17.9. The third kappa shape index (κ3) is 4.35. The molecule has 0 bridgehead atoms. The van der Waals surface area contributed by atoms with Gasteiger partial charge in [-0.3, -0.25) is 4.90 Å². The molecule has 2 rings (SSSR count). The predicted octanol–water partition coefficient (Wildman–Crippen LogP) is 2.59. The molecule has 130 valence electrons. The summed E-state index contributed by atoms with van der Waals surface area (Å²) in [7, 11) is 2.48. The van der Waals surface area contributed by atoms with Crippen molar-refractivity contribution in [1.29, 1.82) is 0 Å². The van der Waals surface area contributed by atoms with Gasteiger partial charge in [0.2, 0.25) is 10.0 Å². The summed E-state index contributed by atoms with van der Waals surface area (Å²) < 4.78 is 22.7. The Morgan fingerprint density at radius 2 is 1.58 bits per heavy atom. The fraction of sp³-hybridized carbons (Fsp3) is 0.333. The number of nitrogens with two attached hydrogens (primary N) is 1.